The summed E-state index contributed by atoms with van der Waals surface area (Å²) < 4.78 is 5.54. The topological polar surface area (TPSA) is 70.0 Å². The van der Waals surface area contributed by atoms with E-state index in [-0.39, 0.29) is 0 Å². The molecule has 0 aliphatic carbocycles. The Balaban J connectivity index is 1.72. The fraction of sp³-hybridized carbons (Fsp3) is 0.538. The van der Waals surface area contributed by atoms with Gasteiger partial charge in [0.1, 0.15) is 5.76 Å². The highest BCUT2D eigenvalue weighted by atomic mass is 16.3. The number of aromatic amines is 1. The number of nitrogens with one attached hydrogen (secondary N) is 2. The van der Waals surface area contributed by atoms with Crippen molar-refractivity contribution in [1.82, 2.24) is 20.5 Å². The zero-order valence-electron chi connectivity index (χ0n) is 11.3. The molecule has 0 unspecified atom stereocenters. The van der Waals surface area contributed by atoms with Gasteiger partial charge in [-0.15, -0.1) is 5.10 Å². The predicted octanol–water partition coefficient (Wildman–Crippen LogP) is 1.56. The first-order valence-corrected chi connectivity index (χ1v) is 6.67. The van der Waals surface area contributed by atoms with Gasteiger partial charge in [0.2, 0.25) is 5.95 Å². The Morgan fingerprint density at radius 1 is 1.37 bits per heavy atom. The molecule has 2 N–H and O–H groups in total. The van der Waals surface area contributed by atoms with Crippen molar-refractivity contribution >= 4 is 5.95 Å². The van der Waals surface area contributed by atoms with E-state index in [2.05, 4.69) is 25.4 Å². The van der Waals surface area contributed by atoms with Crippen LogP contribution < -0.4 is 10.2 Å². The molecule has 1 fully saturated rings. The van der Waals surface area contributed by atoms with Gasteiger partial charge in [-0.1, -0.05) is 0 Å². The Hall–Kier alpha value is -1.82. The minimum Gasteiger partial charge on any atom is -0.458 e. The Labute approximate surface area is 112 Å². The van der Waals surface area contributed by atoms with Crippen molar-refractivity contribution in [2.75, 3.05) is 25.0 Å². The second-order valence-electron chi connectivity index (χ2n) is 4.94. The van der Waals surface area contributed by atoms with Crippen LogP contribution in [0.5, 0.6) is 0 Å². The fourth-order valence-corrected chi connectivity index (χ4v) is 2.43. The van der Waals surface area contributed by atoms with Gasteiger partial charge in [-0.2, -0.15) is 4.98 Å². The number of nitrogens with zero attached hydrogens (tertiary/aromatic N) is 3. The quantitative estimate of drug-likeness (QED) is 0.877. The maximum absolute atomic E-state index is 5.54. The van der Waals surface area contributed by atoms with E-state index in [1.807, 2.05) is 26.1 Å². The molecule has 102 valence electrons. The number of H-pyrrole nitrogens is 1. The van der Waals surface area contributed by atoms with Crippen LogP contribution >= 0.6 is 0 Å². The summed E-state index contributed by atoms with van der Waals surface area (Å²) in [5.74, 6) is 3.07. The van der Waals surface area contributed by atoms with Gasteiger partial charge in [-0.05, 0) is 38.9 Å². The zero-order valence-corrected chi connectivity index (χ0v) is 11.3. The van der Waals surface area contributed by atoms with Gasteiger partial charge in [0.05, 0.1) is 0 Å². The van der Waals surface area contributed by atoms with Gasteiger partial charge >= 0.3 is 0 Å². The fourth-order valence-electron chi connectivity index (χ4n) is 2.43. The van der Waals surface area contributed by atoms with Crippen LogP contribution in [0.25, 0.3) is 11.6 Å². The molecule has 1 saturated heterocycles. The first-order chi connectivity index (χ1) is 9.26. The van der Waals surface area contributed by atoms with Crippen LogP contribution in [-0.4, -0.2) is 41.4 Å². The van der Waals surface area contributed by atoms with Gasteiger partial charge in [0.25, 0.3) is 0 Å². The molecule has 2 aromatic heterocycles. The van der Waals surface area contributed by atoms with Gasteiger partial charge in [-0.3, -0.25) is 5.10 Å². The second-order valence-corrected chi connectivity index (χ2v) is 4.94. The highest BCUT2D eigenvalue weighted by Crippen LogP contribution is 2.21. The number of anilines is 1. The standard InChI is InChI=1S/C13H19N5O/c1-9-3-4-11(19-9)12-15-13(17-16-12)18-7-5-10(14-2)6-8-18/h3-4,10,14H,5-8H2,1-2H3,(H,15,16,17). The molecule has 6 heteroatoms. The molecule has 6 nitrogen and oxygen atoms in total. The van der Waals surface area contributed by atoms with Crippen molar-refractivity contribution in [2.24, 2.45) is 0 Å². The zero-order chi connectivity index (χ0) is 13.2. The molecule has 0 radical (unpaired) electrons. The molecule has 0 aromatic carbocycles. The summed E-state index contributed by atoms with van der Waals surface area (Å²) in [6, 6.07) is 4.45. The van der Waals surface area contributed by atoms with E-state index >= 15 is 0 Å². The molecule has 0 spiro atoms. The van der Waals surface area contributed by atoms with E-state index < -0.39 is 0 Å². The number of aryl methyl sites for hydroxylation is 1. The van der Waals surface area contributed by atoms with Crippen molar-refractivity contribution in [3.63, 3.8) is 0 Å². The van der Waals surface area contributed by atoms with Crippen LogP contribution in [0.2, 0.25) is 0 Å². The third-order valence-corrected chi connectivity index (χ3v) is 3.63. The SMILES string of the molecule is CNC1CCN(c2n[nH]c(-c3ccc(C)o3)n2)CC1. The summed E-state index contributed by atoms with van der Waals surface area (Å²) in [4.78, 5) is 6.73. The van der Waals surface area contributed by atoms with Crippen LogP contribution in [0.4, 0.5) is 5.95 Å². The molecular weight excluding hydrogens is 242 g/mol. The molecule has 0 saturated carbocycles. The average molecular weight is 261 g/mol. The molecule has 0 bridgehead atoms. The Kier molecular flexibility index (Phi) is 3.25. The molecule has 2 aromatic rings. The highest BCUT2D eigenvalue weighted by molar-refractivity contribution is 5.49. The lowest BCUT2D eigenvalue weighted by Gasteiger charge is -2.30. The molecule has 0 atom stereocenters. The maximum Gasteiger partial charge on any atom is 0.245 e. The maximum atomic E-state index is 5.54. The lowest BCUT2D eigenvalue weighted by atomic mass is 10.1. The molecule has 19 heavy (non-hydrogen) atoms. The molecule has 3 heterocycles. The molecule has 3 rings (SSSR count). The van der Waals surface area contributed by atoms with E-state index in [1.54, 1.807) is 0 Å². The Morgan fingerprint density at radius 2 is 2.16 bits per heavy atom. The number of hydrogen-bond acceptors (Lipinski definition) is 5. The van der Waals surface area contributed by atoms with E-state index in [0.717, 1.165) is 43.4 Å². The Morgan fingerprint density at radius 3 is 2.79 bits per heavy atom. The third-order valence-electron chi connectivity index (χ3n) is 3.63. The largest absolute Gasteiger partial charge is 0.458 e. The average Bonchev–Trinajstić information content (AvgIpc) is 3.07. The lowest BCUT2D eigenvalue weighted by Crippen LogP contribution is -2.41. The third kappa shape index (κ3) is 2.49. The van der Waals surface area contributed by atoms with Crippen molar-refractivity contribution < 1.29 is 4.42 Å². The van der Waals surface area contributed by atoms with Gasteiger partial charge in [0, 0.05) is 19.1 Å². The number of piperidine rings is 1. The molecular formula is C13H19N5O. The number of furan rings is 1. The van der Waals surface area contributed by atoms with Crippen LogP contribution in [0.3, 0.4) is 0 Å². The first-order valence-electron chi connectivity index (χ1n) is 6.67. The Bertz CT molecular complexity index is 539. The van der Waals surface area contributed by atoms with Crippen LogP contribution in [0, 0.1) is 6.92 Å². The van der Waals surface area contributed by atoms with Crippen LogP contribution in [0.15, 0.2) is 16.5 Å². The second kappa shape index (κ2) is 5.05. The first kappa shape index (κ1) is 12.2. The summed E-state index contributed by atoms with van der Waals surface area (Å²) >= 11 is 0. The van der Waals surface area contributed by atoms with Crippen LogP contribution in [0.1, 0.15) is 18.6 Å². The van der Waals surface area contributed by atoms with Crippen molar-refractivity contribution in [1.29, 1.82) is 0 Å². The van der Waals surface area contributed by atoms with Gasteiger partial charge in [-0.25, -0.2) is 0 Å². The summed E-state index contributed by atoms with van der Waals surface area (Å²) in [6.07, 6.45) is 2.25. The van der Waals surface area contributed by atoms with Crippen molar-refractivity contribution in [3.8, 4) is 11.6 Å². The smallest absolute Gasteiger partial charge is 0.245 e. The van der Waals surface area contributed by atoms with E-state index in [4.69, 9.17) is 4.42 Å². The lowest BCUT2D eigenvalue weighted by molar-refractivity contribution is 0.439. The van der Waals surface area contributed by atoms with Gasteiger partial charge in [0.15, 0.2) is 11.6 Å². The van der Waals surface area contributed by atoms with E-state index in [1.165, 1.54) is 0 Å². The molecule has 1 aliphatic heterocycles. The minimum atomic E-state index is 0.613. The minimum absolute atomic E-state index is 0.613. The number of hydrogen-bond donors (Lipinski definition) is 2. The summed E-state index contributed by atoms with van der Waals surface area (Å²) in [7, 11) is 2.02. The summed E-state index contributed by atoms with van der Waals surface area (Å²) in [6.45, 7) is 3.89. The van der Waals surface area contributed by atoms with Crippen LogP contribution in [-0.2, 0) is 0 Å². The summed E-state index contributed by atoms with van der Waals surface area (Å²) in [5.41, 5.74) is 0. The number of aromatic nitrogens is 3. The van der Waals surface area contributed by atoms with Crippen molar-refractivity contribution in [2.45, 2.75) is 25.8 Å². The van der Waals surface area contributed by atoms with E-state index in [0.29, 0.717) is 11.9 Å². The van der Waals surface area contributed by atoms with Gasteiger partial charge < -0.3 is 14.6 Å². The molecule has 0 amide bonds. The highest BCUT2D eigenvalue weighted by Gasteiger charge is 2.21. The monoisotopic (exact) mass is 261 g/mol. The van der Waals surface area contributed by atoms with Crippen molar-refractivity contribution in [3.05, 3.63) is 17.9 Å². The molecule has 1 aliphatic rings. The van der Waals surface area contributed by atoms with E-state index in [9.17, 15) is 0 Å². The summed E-state index contributed by atoms with van der Waals surface area (Å²) in [5, 5.41) is 10.6. The number of rotatable bonds is 3. The normalized spacial score (nSPS) is 17.1. The predicted molar refractivity (Wildman–Crippen MR) is 73.1 cm³/mol.